The van der Waals surface area contributed by atoms with Crippen molar-refractivity contribution in [3.05, 3.63) is 77.6 Å². The van der Waals surface area contributed by atoms with Crippen LogP contribution < -0.4 is 19.9 Å². The van der Waals surface area contributed by atoms with Gasteiger partial charge >= 0.3 is 0 Å². The van der Waals surface area contributed by atoms with E-state index in [-0.39, 0.29) is 41.2 Å². The van der Waals surface area contributed by atoms with E-state index in [2.05, 4.69) is 15.2 Å². The molecule has 0 aliphatic rings. The number of benzene rings is 2. The third-order valence-corrected chi connectivity index (χ3v) is 5.33. The van der Waals surface area contributed by atoms with E-state index in [4.69, 9.17) is 10.1 Å². The van der Waals surface area contributed by atoms with Gasteiger partial charge in [-0.15, -0.1) is 0 Å². The summed E-state index contributed by atoms with van der Waals surface area (Å²) in [5.41, 5.74) is 1.83. The summed E-state index contributed by atoms with van der Waals surface area (Å²) < 4.78 is 18.1. The van der Waals surface area contributed by atoms with Crippen molar-refractivity contribution < 1.29 is 33.6 Å². The molecule has 1 heterocycles. The van der Waals surface area contributed by atoms with Gasteiger partial charge in [0.25, 0.3) is 5.91 Å². The van der Waals surface area contributed by atoms with Crippen LogP contribution in [0.2, 0.25) is 0 Å². The zero-order chi connectivity index (χ0) is 26.1. The number of nitrogens with one attached hydrogen (secondary N) is 2. The molecule has 2 aromatic carbocycles. The molecule has 0 saturated heterocycles. The van der Waals surface area contributed by atoms with Crippen molar-refractivity contribution in [2.45, 2.75) is 20.3 Å². The van der Waals surface area contributed by atoms with E-state index in [1.165, 1.54) is 23.1 Å². The second-order valence-corrected chi connectivity index (χ2v) is 7.68. The van der Waals surface area contributed by atoms with Crippen LogP contribution in [0.1, 0.15) is 35.3 Å². The van der Waals surface area contributed by atoms with Gasteiger partial charge in [-0.25, -0.2) is 0 Å². The predicted molar refractivity (Wildman–Crippen MR) is 135 cm³/mol. The average molecular weight is 515 g/mol. The van der Waals surface area contributed by atoms with Gasteiger partial charge in [-0.3, -0.25) is 24.2 Å². The molecule has 0 unspecified atom stereocenters. The van der Waals surface area contributed by atoms with Crippen LogP contribution in [-0.4, -0.2) is 47.3 Å². The quantitative estimate of drug-likeness (QED) is 0.332. The molecular weight excluding hydrogens is 486 g/mol. The second kappa shape index (κ2) is 13.5. The fourth-order valence-electron chi connectivity index (χ4n) is 3.69. The lowest BCUT2D eigenvalue weighted by molar-refractivity contribution is -0.117. The van der Waals surface area contributed by atoms with Gasteiger partial charge in [0.15, 0.2) is 5.75 Å². The topological polar surface area (TPSA) is 125 Å². The van der Waals surface area contributed by atoms with Crippen LogP contribution in [-0.2, 0) is 11.2 Å². The summed E-state index contributed by atoms with van der Waals surface area (Å²) in [4.78, 5) is 34.9. The van der Waals surface area contributed by atoms with Crippen LogP contribution in [0.15, 0.2) is 60.9 Å². The number of ether oxygens (including phenoxy) is 1. The van der Waals surface area contributed by atoms with Crippen LogP contribution in [0.5, 0.6) is 17.2 Å². The maximum absolute atomic E-state index is 13.1. The zero-order valence-corrected chi connectivity index (χ0v) is 20.4. The summed E-state index contributed by atoms with van der Waals surface area (Å²) in [5.74, 6) is -1.44. The van der Waals surface area contributed by atoms with Crippen molar-refractivity contribution in [3.63, 3.8) is 0 Å². The molecule has 0 aliphatic heterocycles. The zero-order valence-electron chi connectivity index (χ0n) is 20.4. The van der Waals surface area contributed by atoms with Crippen LogP contribution in [0.3, 0.4) is 0 Å². The standard InChI is InChI=1S/C26H27FN4O5.FH/c1-3-31(18-10-11-22(36-27)21(32)14-18)24(33)16-30-26(34)19-8-5-9-23(35-4-2)25(19)20(28)13-17-7-6-12-29-15-17;/h5-12,14-15,28,32H,3-4,13,16H2,1-2H3,(H,30,34);1H. The summed E-state index contributed by atoms with van der Waals surface area (Å²) in [6.07, 6.45) is 3.53. The molecule has 3 rings (SSSR count). The van der Waals surface area contributed by atoms with E-state index in [1.807, 2.05) is 13.0 Å². The number of rotatable bonds is 11. The molecule has 2 amide bonds. The Morgan fingerprint density at radius 3 is 2.54 bits per heavy atom. The number of halogens is 2. The van der Waals surface area contributed by atoms with Crippen molar-refractivity contribution in [1.29, 1.82) is 5.41 Å². The molecule has 0 aliphatic carbocycles. The first kappa shape index (κ1) is 28.7. The number of amides is 2. The third kappa shape index (κ3) is 7.00. The molecule has 0 fully saturated rings. The number of nitrogens with zero attached hydrogens (tertiary/aromatic N) is 2. The van der Waals surface area contributed by atoms with E-state index < -0.39 is 17.6 Å². The van der Waals surface area contributed by atoms with Gasteiger partial charge in [-0.05, 0) is 49.7 Å². The third-order valence-electron chi connectivity index (χ3n) is 5.33. The number of phenols is 1. The van der Waals surface area contributed by atoms with E-state index >= 15 is 0 Å². The number of hydrogen-bond acceptors (Lipinski definition) is 7. The van der Waals surface area contributed by atoms with Crippen molar-refractivity contribution in [3.8, 4) is 17.2 Å². The lowest BCUT2D eigenvalue weighted by Crippen LogP contribution is -2.40. The largest absolute Gasteiger partial charge is 0.504 e. The SMILES string of the molecule is CCOc1cccc(C(=O)NCC(=O)N(CC)c2ccc(OF)c(O)c2)c1C(=N)Cc1cccnc1.F. The number of hydrogen-bond donors (Lipinski definition) is 3. The Bertz CT molecular complexity index is 1240. The number of likely N-dealkylation sites (N-methyl/N-ethyl adjacent to an activating group) is 1. The van der Waals surface area contributed by atoms with Crippen molar-refractivity contribution >= 4 is 23.2 Å². The van der Waals surface area contributed by atoms with E-state index in [9.17, 15) is 19.2 Å². The number of aromatic nitrogens is 1. The Hall–Kier alpha value is -4.54. The predicted octanol–water partition coefficient (Wildman–Crippen LogP) is 4.00. The molecule has 0 bridgehead atoms. The summed E-state index contributed by atoms with van der Waals surface area (Å²) in [5, 5.41) is 21.1. The number of carbonyl (C=O) groups is 2. The second-order valence-electron chi connectivity index (χ2n) is 7.68. The monoisotopic (exact) mass is 514 g/mol. The number of anilines is 1. The van der Waals surface area contributed by atoms with Crippen LogP contribution in [0.4, 0.5) is 14.9 Å². The minimum absolute atomic E-state index is 0. The molecule has 9 nitrogen and oxygen atoms in total. The first-order valence-corrected chi connectivity index (χ1v) is 11.3. The molecule has 37 heavy (non-hydrogen) atoms. The van der Waals surface area contributed by atoms with Gasteiger partial charge in [-0.1, -0.05) is 12.1 Å². The average Bonchev–Trinajstić information content (AvgIpc) is 2.88. The summed E-state index contributed by atoms with van der Waals surface area (Å²) in [6, 6.07) is 12.3. The first-order valence-electron chi connectivity index (χ1n) is 11.3. The lowest BCUT2D eigenvalue weighted by atomic mass is 9.96. The van der Waals surface area contributed by atoms with Crippen LogP contribution in [0, 0.1) is 5.41 Å². The van der Waals surface area contributed by atoms with Crippen LogP contribution in [0.25, 0.3) is 0 Å². The molecule has 3 N–H and O–H groups in total. The molecule has 0 radical (unpaired) electrons. The lowest BCUT2D eigenvalue weighted by Gasteiger charge is -2.22. The highest BCUT2D eigenvalue weighted by Crippen LogP contribution is 2.31. The Morgan fingerprint density at radius 1 is 1.14 bits per heavy atom. The maximum Gasteiger partial charge on any atom is 0.252 e. The number of aromatic hydroxyl groups is 1. The smallest absolute Gasteiger partial charge is 0.252 e. The van der Waals surface area contributed by atoms with Gasteiger partial charge < -0.3 is 25.5 Å². The molecule has 1 aromatic heterocycles. The van der Waals surface area contributed by atoms with Gasteiger partial charge in [-0.2, -0.15) is 0 Å². The highest BCUT2D eigenvalue weighted by Gasteiger charge is 2.22. The van der Waals surface area contributed by atoms with E-state index in [0.29, 0.717) is 23.6 Å². The van der Waals surface area contributed by atoms with Crippen molar-refractivity contribution in [2.75, 3.05) is 24.6 Å². The highest BCUT2D eigenvalue weighted by molar-refractivity contribution is 6.12. The summed E-state index contributed by atoms with van der Waals surface area (Å²) in [7, 11) is 0. The number of phenolic OH excluding ortho intramolecular Hbond substituents is 1. The molecule has 0 saturated carbocycles. The van der Waals surface area contributed by atoms with Crippen molar-refractivity contribution in [1.82, 2.24) is 10.3 Å². The fraction of sp³-hybridized carbons (Fsp3) is 0.231. The molecule has 11 heteroatoms. The highest BCUT2D eigenvalue weighted by atomic mass is 19.3. The van der Waals surface area contributed by atoms with Gasteiger partial charge in [0, 0.05) is 47.4 Å². The Labute approximate surface area is 212 Å². The number of carbonyl (C=O) groups excluding carboxylic acids is 2. The Kier molecular flexibility index (Phi) is 10.5. The minimum Gasteiger partial charge on any atom is -0.504 e. The summed E-state index contributed by atoms with van der Waals surface area (Å²) >= 11 is 0. The maximum atomic E-state index is 13.1. The summed E-state index contributed by atoms with van der Waals surface area (Å²) in [6.45, 7) is 3.78. The number of pyridine rings is 1. The normalized spacial score (nSPS) is 10.1. The molecule has 196 valence electrons. The van der Waals surface area contributed by atoms with Gasteiger partial charge in [0.05, 0.1) is 24.3 Å². The minimum atomic E-state index is -0.545. The van der Waals surface area contributed by atoms with E-state index in [1.54, 1.807) is 43.6 Å². The van der Waals surface area contributed by atoms with Crippen LogP contribution >= 0.6 is 0 Å². The fourth-order valence-corrected chi connectivity index (χ4v) is 3.69. The van der Waals surface area contributed by atoms with Crippen molar-refractivity contribution in [2.24, 2.45) is 0 Å². The Morgan fingerprint density at radius 2 is 1.92 bits per heavy atom. The molecule has 0 spiro atoms. The van der Waals surface area contributed by atoms with Gasteiger partial charge in [0.1, 0.15) is 5.75 Å². The molecule has 0 atom stereocenters. The molecule has 3 aromatic rings. The molecular formula is C26H28F2N4O5. The van der Waals surface area contributed by atoms with Gasteiger partial charge in [0.2, 0.25) is 11.7 Å². The first-order chi connectivity index (χ1) is 17.4. The van der Waals surface area contributed by atoms with E-state index in [0.717, 1.165) is 5.56 Å². The Balaban J connectivity index is 0.00000481.